The van der Waals surface area contributed by atoms with Crippen LogP contribution < -0.4 is 15.5 Å². The molecule has 0 amide bonds. The number of anilines is 2. The third-order valence-corrected chi connectivity index (χ3v) is 5.67. The number of phenols is 3. The maximum atomic E-state index is 9.85. The van der Waals surface area contributed by atoms with Crippen molar-refractivity contribution in [2.75, 3.05) is 31.1 Å². The summed E-state index contributed by atoms with van der Waals surface area (Å²) in [4.78, 5) is 6.62. The van der Waals surface area contributed by atoms with E-state index in [2.05, 4.69) is 51.7 Å². The first kappa shape index (κ1) is 27.8. The maximum Gasteiger partial charge on any atom is 0.119 e. The molecule has 3 aromatic carbocycles. The number of benzene rings is 3. The highest BCUT2D eigenvalue weighted by Crippen LogP contribution is 2.28. The first-order valence-corrected chi connectivity index (χ1v) is 12.4. The van der Waals surface area contributed by atoms with Gasteiger partial charge >= 0.3 is 0 Å². The molecule has 0 bridgehead atoms. The van der Waals surface area contributed by atoms with Crippen molar-refractivity contribution in [2.45, 2.75) is 39.3 Å². The molecule has 198 valence electrons. The number of amidine groups is 1. The number of hydrogen-bond donors (Lipinski definition) is 6. The summed E-state index contributed by atoms with van der Waals surface area (Å²) in [5.74, 6) is 1.15. The van der Waals surface area contributed by atoms with Crippen LogP contribution in [-0.2, 0) is 0 Å². The number of nitrogens with one attached hydrogen (secondary N) is 2. The summed E-state index contributed by atoms with van der Waals surface area (Å²) in [6.07, 6.45) is -0.753. The molecule has 0 fully saturated rings. The molecule has 4 rings (SSSR count). The fraction of sp³-hybridized carbons (Fsp3) is 0.345. The topological polar surface area (TPSA) is 121 Å². The zero-order valence-corrected chi connectivity index (χ0v) is 21.9. The number of aliphatic hydroxyl groups excluding tert-OH is 1. The van der Waals surface area contributed by atoms with Gasteiger partial charge in [-0.25, -0.2) is 0 Å². The average Bonchev–Trinajstić information content (AvgIpc) is 3.34. The Bertz CT molecular complexity index is 1170. The van der Waals surface area contributed by atoms with Crippen molar-refractivity contribution < 1.29 is 20.4 Å². The normalized spacial score (nSPS) is 13.7. The molecule has 8 heteroatoms. The van der Waals surface area contributed by atoms with Crippen molar-refractivity contribution in [3.63, 3.8) is 0 Å². The predicted octanol–water partition coefficient (Wildman–Crippen LogP) is 4.36. The average molecular weight is 507 g/mol. The highest BCUT2D eigenvalue weighted by atomic mass is 16.3. The molecule has 0 saturated carbocycles. The fourth-order valence-electron chi connectivity index (χ4n) is 3.75. The molecule has 0 aliphatic carbocycles. The molecule has 0 aromatic heterocycles. The zero-order chi connectivity index (χ0) is 27.0. The van der Waals surface area contributed by atoms with E-state index < -0.39 is 6.10 Å². The Kier molecular flexibility index (Phi) is 9.38. The van der Waals surface area contributed by atoms with E-state index in [4.69, 9.17) is 0 Å². The number of phenolic OH excluding ortho intramolecular Hbond substituents is 3. The van der Waals surface area contributed by atoms with Crippen LogP contribution in [0.1, 0.15) is 38.0 Å². The van der Waals surface area contributed by atoms with Crippen LogP contribution in [0.5, 0.6) is 17.2 Å². The van der Waals surface area contributed by atoms with Gasteiger partial charge in [0.1, 0.15) is 23.1 Å². The third-order valence-electron chi connectivity index (χ3n) is 5.67. The number of aliphatic hydroxyl groups is 1. The quantitative estimate of drug-likeness (QED) is 0.282. The summed E-state index contributed by atoms with van der Waals surface area (Å²) in [5.41, 5.74) is 3.68. The lowest BCUT2D eigenvalue weighted by molar-refractivity contribution is 0.162. The van der Waals surface area contributed by atoms with Gasteiger partial charge in [0.15, 0.2) is 0 Å². The van der Waals surface area contributed by atoms with Gasteiger partial charge in [-0.05, 0) is 69.7 Å². The van der Waals surface area contributed by atoms with Crippen molar-refractivity contribution in [1.82, 2.24) is 10.6 Å². The zero-order valence-electron chi connectivity index (χ0n) is 21.9. The molecule has 37 heavy (non-hydrogen) atoms. The van der Waals surface area contributed by atoms with Gasteiger partial charge in [-0.15, -0.1) is 0 Å². The van der Waals surface area contributed by atoms with Crippen LogP contribution in [0.2, 0.25) is 0 Å². The van der Waals surface area contributed by atoms with Gasteiger partial charge < -0.3 is 36.0 Å². The summed E-state index contributed by atoms with van der Waals surface area (Å²) in [6.45, 7) is 10.8. The first-order valence-electron chi connectivity index (χ1n) is 12.4. The van der Waals surface area contributed by atoms with Crippen LogP contribution in [0.25, 0.3) is 0 Å². The SMILES string of the molecule is CC(C)(C)NCC(O)c1cc(O)cc(O)c1.Cc1ccc(N(CC2=NCCN2)c2cccc(O)c2)cc1. The standard InChI is InChI=1S/C17H19N3O.C12H19NO3/c1-13-5-7-14(8-6-13)20(12-17-18-9-10-19-17)15-3-2-4-16(21)11-15;1-12(2,3)13-7-11(16)8-4-9(14)6-10(15)5-8/h2-8,11,21H,9-10,12H2,1H3,(H,18,19);4-6,11,13-16H,7H2,1-3H3. The Morgan fingerprint density at radius 1 is 0.919 bits per heavy atom. The molecule has 1 heterocycles. The Morgan fingerprint density at radius 3 is 2.16 bits per heavy atom. The van der Waals surface area contributed by atoms with Crippen molar-refractivity contribution in [1.29, 1.82) is 0 Å². The molecule has 0 saturated heterocycles. The molecule has 1 atom stereocenters. The number of hydrogen-bond acceptors (Lipinski definition) is 8. The Labute approximate surface area is 218 Å². The van der Waals surface area contributed by atoms with Crippen LogP contribution >= 0.6 is 0 Å². The number of β-amino-alcohol motifs (C(OH)–C–C–N with tert-alkyl or cyclic N) is 1. The van der Waals surface area contributed by atoms with Gasteiger partial charge in [0, 0.05) is 42.1 Å². The summed E-state index contributed by atoms with van der Waals surface area (Å²) >= 11 is 0. The second-order valence-electron chi connectivity index (χ2n) is 10.1. The molecular formula is C29H38N4O4. The summed E-state index contributed by atoms with van der Waals surface area (Å²) in [7, 11) is 0. The van der Waals surface area contributed by atoms with Crippen molar-refractivity contribution in [3.05, 3.63) is 77.9 Å². The first-order chi connectivity index (χ1) is 17.5. The lowest BCUT2D eigenvalue weighted by atomic mass is 10.1. The van der Waals surface area contributed by atoms with Crippen molar-refractivity contribution in [2.24, 2.45) is 4.99 Å². The van der Waals surface area contributed by atoms with Gasteiger partial charge in [-0.1, -0.05) is 23.8 Å². The van der Waals surface area contributed by atoms with E-state index in [9.17, 15) is 20.4 Å². The summed E-state index contributed by atoms with van der Waals surface area (Å²) < 4.78 is 0. The summed E-state index contributed by atoms with van der Waals surface area (Å²) in [6, 6.07) is 19.8. The molecule has 6 N–H and O–H groups in total. The van der Waals surface area contributed by atoms with Crippen LogP contribution in [0.15, 0.2) is 71.7 Å². The van der Waals surface area contributed by atoms with Crippen LogP contribution in [0, 0.1) is 6.92 Å². The van der Waals surface area contributed by atoms with E-state index in [-0.39, 0.29) is 22.8 Å². The van der Waals surface area contributed by atoms with Crippen LogP contribution in [0.3, 0.4) is 0 Å². The molecule has 0 spiro atoms. The smallest absolute Gasteiger partial charge is 0.119 e. The molecular weight excluding hydrogens is 468 g/mol. The monoisotopic (exact) mass is 506 g/mol. The van der Waals surface area contributed by atoms with E-state index in [0.717, 1.165) is 30.3 Å². The third kappa shape index (κ3) is 9.00. The lowest BCUT2D eigenvalue weighted by Gasteiger charge is -2.25. The van der Waals surface area contributed by atoms with Crippen molar-refractivity contribution in [3.8, 4) is 17.2 Å². The van der Waals surface area contributed by atoms with E-state index in [1.54, 1.807) is 12.1 Å². The Balaban J connectivity index is 0.000000214. The number of aromatic hydroxyl groups is 3. The fourth-order valence-corrected chi connectivity index (χ4v) is 3.75. The Morgan fingerprint density at radius 2 is 1.59 bits per heavy atom. The van der Waals surface area contributed by atoms with Gasteiger partial charge in [0.25, 0.3) is 0 Å². The molecule has 3 aromatic rings. The minimum Gasteiger partial charge on any atom is -0.508 e. The van der Waals surface area contributed by atoms with Gasteiger partial charge in [-0.3, -0.25) is 4.99 Å². The summed E-state index contributed by atoms with van der Waals surface area (Å²) in [5, 5.41) is 44.6. The molecule has 1 aliphatic heterocycles. The van der Waals surface area contributed by atoms with E-state index >= 15 is 0 Å². The maximum absolute atomic E-state index is 9.85. The molecule has 1 unspecified atom stereocenters. The van der Waals surface area contributed by atoms with Crippen LogP contribution in [-0.4, -0.2) is 58.0 Å². The number of aryl methyl sites for hydroxylation is 1. The minimum atomic E-state index is -0.753. The van der Waals surface area contributed by atoms with Crippen molar-refractivity contribution >= 4 is 17.2 Å². The molecule has 1 aliphatic rings. The number of rotatable bonds is 7. The highest BCUT2D eigenvalue weighted by Gasteiger charge is 2.16. The highest BCUT2D eigenvalue weighted by molar-refractivity contribution is 5.90. The van der Waals surface area contributed by atoms with Gasteiger partial charge in [-0.2, -0.15) is 0 Å². The predicted molar refractivity (Wildman–Crippen MR) is 149 cm³/mol. The van der Waals surface area contributed by atoms with Gasteiger partial charge in [0.05, 0.1) is 19.2 Å². The second kappa shape index (κ2) is 12.5. The molecule has 0 radical (unpaired) electrons. The number of nitrogens with zero attached hydrogens (tertiary/aromatic N) is 2. The second-order valence-corrected chi connectivity index (χ2v) is 10.1. The minimum absolute atomic E-state index is 0.0511. The van der Waals surface area contributed by atoms with E-state index in [0.29, 0.717) is 18.7 Å². The van der Waals surface area contributed by atoms with E-state index in [1.807, 2.05) is 32.9 Å². The molecule has 8 nitrogen and oxygen atoms in total. The van der Waals surface area contributed by atoms with Gasteiger partial charge in [0.2, 0.25) is 0 Å². The largest absolute Gasteiger partial charge is 0.508 e. The lowest BCUT2D eigenvalue weighted by Crippen LogP contribution is -2.38. The number of aliphatic imine (C=N–C) groups is 1. The van der Waals surface area contributed by atoms with Crippen LogP contribution in [0.4, 0.5) is 11.4 Å². The Hall–Kier alpha value is -3.75. The van der Waals surface area contributed by atoms with E-state index in [1.165, 1.54) is 23.8 Å².